The van der Waals surface area contributed by atoms with Crippen LogP contribution in [0, 0.1) is 29.0 Å². The monoisotopic (exact) mass is 472 g/mol. The van der Waals surface area contributed by atoms with Gasteiger partial charge in [0.15, 0.2) is 0 Å². The van der Waals surface area contributed by atoms with Crippen LogP contribution in [-0.2, 0) is 4.74 Å². The molecule has 0 spiro atoms. The summed E-state index contributed by atoms with van der Waals surface area (Å²) in [5.41, 5.74) is 7.50. The number of nitrogens with two attached hydrogens (primary N) is 1. The predicted octanol–water partition coefficient (Wildman–Crippen LogP) is 7.08. The van der Waals surface area contributed by atoms with Crippen LogP contribution in [0.15, 0.2) is 48.7 Å². The topological polar surface area (TPSA) is 48.1 Å². The number of nitrogens with zero attached hydrogens (tertiary/aromatic N) is 1. The molecule has 6 heteroatoms. The molecule has 0 amide bonds. The molecule has 3 nitrogen and oxygen atoms in total. The highest BCUT2D eigenvalue weighted by Gasteiger charge is 2.56. The van der Waals surface area contributed by atoms with Crippen molar-refractivity contribution >= 4 is 6.08 Å². The van der Waals surface area contributed by atoms with Crippen LogP contribution in [0.1, 0.15) is 58.6 Å². The number of allylic oxidation sites excluding steroid dienone is 1. The third kappa shape index (κ3) is 5.55. The summed E-state index contributed by atoms with van der Waals surface area (Å²) >= 11 is 0. The van der Waals surface area contributed by atoms with Gasteiger partial charge in [-0.05, 0) is 80.7 Å². The van der Waals surface area contributed by atoms with Gasteiger partial charge in [0.2, 0.25) is 5.92 Å². The number of pyridine rings is 1. The first kappa shape index (κ1) is 24.9. The summed E-state index contributed by atoms with van der Waals surface area (Å²) in [6, 6.07) is 10.3. The molecule has 1 aromatic heterocycles. The van der Waals surface area contributed by atoms with Gasteiger partial charge in [0.05, 0.1) is 12.3 Å². The third-order valence-electron chi connectivity index (χ3n) is 7.70. The largest absolute Gasteiger partial charge is 0.361 e. The lowest BCUT2D eigenvalue weighted by Gasteiger charge is -2.38. The standard InChI is InChI=1S/C28H35F3N2O/c1-4-27(18-34-26(2,3)32)15-21-16-28(30,31)13-12-24(21)25(27)11-10-23-9-8-20(17-33-23)19-6-5-7-22(29)14-19/h5-11,14,17,21,24-25H,4,12-13,15-16,18,32H2,1-3H3/b11-10+/t21-,24?,25+,27?/m1/s1. The van der Waals surface area contributed by atoms with Gasteiger partial charge >= 0.3 is 0 Å². The molecule has 2 unspecified atom stereocenters. The number of hydrogen-bond donors (Lipinski definition) is 1. The summed E-state index contributed by atoms with van der Waals surface area (Å²) in [6.45, 7) is 6.21. The Morgan fingerprint density at radius 3 is 2.62 bits per heavy atom. The van der Waals surface area contributed by atoms with E-state index in [-0.39, 0.29) is 41.8 Å². The summed E-state index contributed by atoms with van der Waals surface area (Å²) in [6.07, 6.45) is 7.87. The van der Waals surface area contributed by atoms with Gasteiger partial charge in [-0.2, -0.15) is 0 Å². The van der Waals surface area contributed by atoms with E-state index in [0.717, 1.165) is 29.7 Å². The van der Waals surface area contributed by atoms with Crippen molar-refractivity contribution in [3.8, 4) is 11.1 Å². The van der Waals surface area contributed by atoms with E-state index in [1.807, 2.05) is 38.1 Å². The van der Waals surface area contributed by atoms with E-state index in [2.05, 4.69) is 18.0 Å². The fourth-order valence-corrected chi connectivity index (χ4v) is 5.92. The van der Waals surface area contributed by atoms with Gasteiger partial charge in [-0.1, -0.05) is 31.2 Å². The Bertz CT molecular complexity index is 1020. The van der Waals surface area contributed by atoms with Crippen LogP contribution in [0.4, 0.5) is 13.2 Å². The van der Waals surface area contributed by atoms with E-state index in [1.165, 1.54) is 12.1 Å². The quantitative estimate of drug-likeness (QED) is 0.438. The highest BCUT2D eigenvalue weighted by Crippen LogP contribution is 2.60. The van der Waals surface area contributed by atoms with Gasteiger partial charge in [-0.3, -0.25) is 4.98 Å². The average molecular weight is 473 g/mol. The summed E-state index contributed by atoms with van der Waals surface area (Å²) in [5, 5.41) is 0. The molecule has 0 bridgehead atoms. The molecule has 4 atom stereocenters. The molecule has 0 radical (unpaired) electrons. The highest BCUT2D eigenvalue weighted by molar-refractivity contribution is 5.63. The zero-order chi connectivity index (χ0) is 24.6. The summed E-state index contributed by atoms with van der Waals surface area (Å²) in [4.78, 5) is 4.55. The number of benzene rings is 1. The fourth-order valence-electron chi connectivity index (χ4n) is 5.92. The molecule has 184 valence electrons. The summed E-state index contributed by atoms with van der Waals surface area (Å²) < 4.78 is 48.1. The van der Waals surface area contributed by atoms with Crippen LogP contribution >= 0.6 is 0 Å². The maximum absolute atomic E-state index is 14.3. The zero-order valence-electron chi connectivity index (χ0n) is 20.2. The minimum atomic E-state index is -2.58. The third-order valence-corrected chi connectivity index (χ3v) is 7.70. The molecule has 2 aromatic rings. The molecule has 2 saturated carbocycles. The van der Waals surface area contributed by atoms with Crippen molar-refractivity contribution in [3.05, 3.63) is 60.2 Å². The molecule has 0 saturated heterocycles. The first-order valence-corrected chi connectivity index (χ1v) is 12.2. The van der Waals surface area contributed by atoms with Crippen molar-refractivity contribution in [3.63, 3.8) is 0 Å². The van der Waals surface area contributed by atoms with Crippen molar-refractivity contribution < 1.29 is 17.9 Å². The average Bonchev–Trinajstić information content (AvgIpc) is 3.08. The van der Waals surface area contributed by atoms with Crippen LogP contribution in [0.5, 0.6) is 0 Å². The molecule has 0 aliphatic heterocycles. The Morgan fingerprint density at radius 1 is 1.18 bits per heavy atom. The highest BCUT2D eigenvalue weighted by atomic mass is 19.3. The van der Waals surface area contributed by atoms with Gasteiger partial charge in [0.1, 0.15) is 11.5 Å². The Hall–Kier alpha value is -2.18. The maximum Gasteiger partial charge on any atom is 0.248 e. The van der Waals surface area contributed by atoms with Crippen LogP contribution < -0.4 is 5.73 Å². The minimum Gasteiger partial charge on any atom is -0.361 e. The first-order chi connectivity index (χ1) is 16.0. The minimum absolute atomic E-state index is 0.0221. The molecule has 2 fully saturated rings. The fraction of sp³-hybridized carbons (Fsp3) is 0.536. The molecule has 2 N–H and O–H groups in total. The summed E-state index contributed by atoms with van der Waals surface area (Å²) in [7, 11) is 0. The maximum atomic E-state index is 14.3. The second-order valence-corrected chi connectivity index (χ2v) is 10.7. The normalized spacial score (nSPS) is 28.9. The first-order valence-electron chi connectivity index (χ1n) is 12.2. The molecule has 1 aromatic carbocycles. The Labute approximate surface area is 200 Å². The van der Waals surface area contributed by atoms with E-state index in [4.69, 9.17) is 10.5 Å². The van der Waals surface area contributed by atoms with Crippen molar-refractivity contribution in [2.75, 3.05) is 6.61 Å². The number of hydrogen-bond acceptors (Lipinski definition) is 3. The van der Waals surface area contributed by atoms with Crippen LogP contribution in [0.2, 0.25) is 0 Å². The van der Waals surface area contributed by atoms with Crippen LogP contribution in [0.25, 0.3) is 17.2 Å². The molecule has 2 aliphatic rings. The number of rotatable bonds is 7. The van der Waals surface area contributed by atoms with E-state index < -0.39 is 11.6 Å². The van der Waals surface area contributed by atoms with Crippen LogP contribution in [-0.4, -0.2) is 23.2 Å². The predicted molar refractivity (Wildman–Crippen MR) is 129 cm³/mol. The Balaban J connectivity index is 1.58. The summed E-state index contributed by atoms with van der Waals surface area (Å²) in [5.74, 6) is -2.57. The van der Waals surface area contributed by atoms with Gasteiger partial charge in [-0.25, -0.2) is 13.2 Å². The van der Waals surface area contributed by atoms with Gasteiger partial charge in [-0.15, -0.1) is 0 Å². The Kier molecular flexibility index (Phi) is 6.94. The van der Waals surface area contributed by atoms with Crippen molar-refractivity contribution in [2.24, 2.45) is 28.9 Å². The van der Waals surface area contributed by atoms with E-state index in [9.17, 15) is 13.2 Å². The lowest BCUT2D eigenvalue weighted by atomic mass is 9.71. The Morgan fingerprint density at radius 2 is 1.97 bits per heavy atom. The smallest absolute Gasteiger partial charge is 0.248 e. The molecule has 1 heterocycles. The van der Waals surface area contributed by atoms with Gasteiger partial charge < -0.3 is 10.5 Å². The number of fused-ring (bicyclic) bond motifs is 1. The number of alkyl halides is 2. The lowest BCUT2D eigenvalue weighted by molar-refractivity contribution is -0.0698. The van der Waals surface area contributed by atoms with Gasteiger partial charge in [0.25, 0.3) is 0 Å². The lowest BCUT2D eigenvalue weighted by Crippen LogP contribution is -2.41. The SMILES string of the molecule is CCC1(COC(C)(C)N)C[C@@H]2CC(F)(F)CCC2[C@@H]1/C=C/c1ccc(-c2cccc(F)c2)cn1. The molecule has 4 rings (SSSR count). The van der Waals surface area contributed by atoms with Crippen molar-refractivity contribution in [1.29, 1.82) is 0 Å². The zero-order valence-corrected chi connectivity index (χ0v) is 20.2. The number of aromatic nitrogens is 1. The molecule has 2 aliphatic carbocycles. The van der Waals surface area contributed by atoms with Crippen LogP contribution in [0.3, 0.4) is 0 Å². The van der Waals surface area contributed by atoms with E-state index in [1.54, 1.807) is 12.3 Å². The van der Waals surface area contributed by atoms with Crippen molar-refractivity contribution in [2.45, 2.75) is 64.5 Å². The van der Waals surface area contributed by atoms with E-state index >= 15 is 0 Å². The number of halogens is 3. The van der Waals surface area contributed by atoms with E-state index in [0.29, 0.717) is 13.0 Å². The van der Waals surface area contributed by atoms with Crippen molar-refractivity contribution in [1.82, 2.24) is 4.98 Å². The van der Waals surface area contributed by atoms with Gasteiger partial charge in [0, 0.05) is 30.0 Å². The molecular formula is C28H35F3N2O. The number of ether oxygens (including phenoxy) is 1. The second kappa shape index (κ2) is 9.46. The molecule has 34 heavy (non-hydrogen) atoms. The second-order valence-electron chi connectivity index (χ2n) is 10.7. The molecular weight excluding hydrogens is 437 g/mol.